The molecular formula is C11H12BrNOS. The second kappa shape index (κ2) is 6.16. The molecule has 80 valence electrons. The third-order valence-corrected chi connectivity index (χ3v) is 3.84. The average molecular weight is 286 g/mol. The Hall–Kier alpha value is -0.500. The van der Waals surface area contributed by atoms with Gasteiger partial charge in [0.1, 0.15) is 6.07 Å². The Morgan fingerprint density at radius 3 is 2.93 bits per heavy atom. The van der Waals surface area contributed by atoms with Gasteiger partial charge in [0, 0.05) is 21.2 Å². The fourth-order valence-electron chi connectivity index (χ4n) is 1.17. The van der Waals surface area contributed by atoms with Crippen molar-refractivity contribution in [1.82, 2.24) is 0 Å². The van der Waals surface area contributed by atoms with E-state index in [1.807, 2.05) is 25.1 Å². The van der Waals surface area contributed by atoms with Crippen LogP contribution in [-0.4, -0.2) is 17.0 Å². The Bertz CT molecular complexity index is 375. The van der Waals surface area contributed by atoms with Crippen molar-refractivity contribution in [3.8, 4) is 6.07 Å². The van der Waals surface area contributed by atoms with Gasteiger partial charge in [0.2, 0.25) is 0 Å². The van der Waals surface area contributed by atoms with Crippen LogP contribution in [0.15, 0.2) is 27.6 Å². The number of benzene rings is 1. The van der Waals surface area contributed by atoms with Crippen molar-refractivity contribution in [2.45, 2.75) is 23.5 Å². The zero-order chi connectivity index (χ0) is 11.3. The topological polar surface area (TPSA) is 44.0 Å². The number of aliphatic hydroxyl groups excluding tert-OH is 1. The maximum Gasteiger partial charge on any atom is 0.101 e. The lowest BCUT2D eigenvalue weighted by Crippen LogP contribution is -1.99. The molecule has 2 nitrogen and oxygen atoms in total. The van der Waals surface area contributed by atoms with Gasteiger partial charge in [-0.05, 0) is 34.5 Å². The van der Waals surface area contributed by atoms with Crippen LogP contribution in [0.1, 0.15) is 18.9 Å². The molecule has 0 radical (unpaired) electrons. The number of aliphatic hydroxyl groups is 1. The zero-order valence-electron chi connectivity index (χ0n) is 8.40. The van der Waals surface area contributed by atoms with E-state index in [9.17, 15) is 0 Å². The molecule has 1 atom stereocenters. The molecule has 0 saturated carbocycles. The molecule has 1 aromatic rings. The Morgan fingerprint density at radius 1 is 1.60 bits per heavy atom. The van der Waals surface area contributed by atoms with Gasteiger partial charge in [-0.15, -0.1) is 11.8 Å². The summed E-state index contributed by atoms with van der Waals surface area (Å²) in [7, 11) is 0. The predicted molar refractivity (Wildman–Crippen MR) is 65.9 cm³/mol. The first-order chi connectivity index (χ1) is 7.19. The van der Waals surface area contributed by atoms with Gasteiger partial charge in [0.05, 0.1) is 5.56 Å². The highest BCUT2D eigenvalue weighted by molar-refractivity contribution is 9.10. The van der Waals surface area contributed by atoms with Crippen LogP contribution in [0.4, 0.5) is 0 Å². The standard InChI is InChI=1S/C11H12BrNOS/c1-8(5-6-14)15-11-4-2-3-10(12)9(11)7-13/h2-4,8,14H,5-6H2,1H3. The molecule has 0 aliphatic heterocycles. The molecule has 0 bridgehead atoms. The first-order valence-electron chi connectivity index (χ1n) is 4.65. The van der Waals surface area contributed by atoms with E-state index in [2.05, 4.69) is 22.0 Å². The summed E-state index contributed by atoms with van der Waals surface area (Å²) >= 11 is 4.97. The van der Waals surface area contributed by atoms with Crippen molar-refractivity contribution in [3.63, 3.8) is 0 Å². The van der Waals surface area contributed by atoms with Gasteiger partial charge in [0.15, 0.2) is 0 Å². The Morgan fingerprint density at radius 2 is 2.33 bits per heavy atom. The summed E-state index contributed by atoms with van der Waals surface area (Å²) in [6.45, 7) is 2.23. The minimum atomic E-state index is 0.185. The zero-order valence-corrected chi connectivity index (χ0v) is 10.8. The maximum atomic E-state index is 9.00. The average Bonchev–Trinajstić information content (AvgIpc) is 2.18. The number of nitrogens with zero attached hydrogens (tertiary/aromatic N) is 1. The molecule has 1 aromatic carbocycles. The normalized spacial score (nSPS) is 12.1. The van der Waals surface area contributed by atoms with E-state index in [0.717, 1.165) is 15.8 Å². The third kappa shape index (κ3) is 3.53. The van der Waals surface area contributed by atoms with Crippen molar-refractivity contribution in [1.29, 1.82) is 5.26 Å². The Balaban J connectivity index is 2.86. The fourth-order valence-corrected chi connectivity index (χ4v) is 2.84. The first-order valence-corrected chi connectivity index (χ1v) is 6.32. The van der Waals surface area contributed by atoms with E-state index >= 15 is 0 Å². The molecule has 0 aliphatic rings. The van der Waals surface area contributed by atoms with Crippen molar-refractivity contribution >= 4 is 27.7 Å². The van der Waals surface area contributed by atoms with E-state index < -0.39 is 0 Å². The summed E-state index contributed by atoms with van der Waals surface area (Å²) in [5, 5.41) is 18.1. The van der Waals surface area contributed by atoms with Crippen LogP contribution in [0.25, 0.3) is 0 Å². The van der Waals surface area contributed by atoms with Gasteiger partial charge < -0.3 is 5.11 Å². The molecule has 0 spiro atoms. The van der Waals surface area contributed by atoms with Crippen LogP contribution >= 0.6 is 27.7 Å². The Kier molecular flexibility index (Phi) is 5.16. The molecule has 4 heteroatoms. The van der Waals surface area contributed by atoms with E-state index in [4.69, 9.17) is 10.4 Å². The highest BCUT2D eigenvalue weighted by atomic mass is 79.9. The van der Waals surface area contributed by atoms with Crippen LogP contribution < -0.4 is 0 Å². The van der Waals surface area contributed by atoms with E-state index in [1.165, 1.54) is 0 Å². The van der Waals surface area contributed by atoms with Crippen LogP contribution in [0.5, 0.6) is 0 Å². The van der Waals surface area contributed by atoms with Crippen molar-refractivity contribution < 1.29 is 5.11 Å². The van der Waals surface area contributed by atoms with Crippen LogP contribution in [-0.2, 0) is 0 Å². The van der Waals surface area contributed by atoms with Crippen molar-refractivity contribution in [2.24, 2.45) is 0 Å². The predicted octanol–water partition coefficient (Wildman–Crippen LogP) is 3.18. The molecule has 1 rings (SSSR count). The van der Waals surface area contributed by atoms with E-state index in [-0.39, 0.29) is 6.61 Å². The van der Waals surface area contributed by atoms with Crippen molar-refractivity contribution in [3.05, 3.63) is 28.2 Å². The third-order valence-electron chi connectivity index (χ3n) is 1.95. The summed E-state index contributed by atoms with van der Waals surface area (Å²) < 4.78 is 0.825. The summed E-state index contributed by atoms with van der Waals surface area (Å²) in [5.74, 6) is 0. The van der Waals surface area contributed by atoms with Crippen molar-refractivity contribution in [2.75, 3.05) is 6.61 Å². The SMILES string of the molecule is CC(CCO)Sc1cccc(Br)c1C#N. The molecular weight excluding hydrogens is 274 g/mol. The number of rotatable bonds is 4. The largest absolute Gasteiger partial charge is 0.396 e. The number of hydrogen-bond acceptors (Lipinski definition) is 3. The molecule has 0 amide bonds. The molecule has 15 heavy (non-hydrogen) atoms. The number of halogens is 1. The summed E-state index contributed by atoms with van der Waals surface area (Å²) in [4.78, 5) is 0.966. The monoisotopic (exact) mass is 285 g/mol. The molecule has 1 N–H and O–H groups in total. The highest BCUT2D eigenvalue weighted by Gasteiger charge is 2.10. The fraction of sp³-hybridized carbons (Fsp3) is 0.364. The molecule has 1 unspecified atom stereocenters. The van der Waals surface area contributed by atoms with Gasteiger partial charge in [-0.1, -0.05) is 13.0 Å². The first kappa shape index (κ1) is 12.6. The number of thioether (sulfide) groups is 1. The van der Waals surface area contributed by atoms with E-state index in [1.54, 1.807) is 11.8 Å². The molecule has 0 aliphatic carbocycles. The summed E-state index contributed by atoms with van der Waals surface area (Å²) in [6.07, 6.45) is 0.738. The molecule has 0 heterocycles. The lowest BCUT2D eigenvalue weighted by atomic mass is 10.2. The summed E-state index contributed by atoms with van der Waals surface area (Å²) in [5.41, 5.74) is 0.673. The van der Waals surface area contributed by atoms with Gasteiger partial charge in [0.25, 0.3) is 0 Å². The van der Waals surface area contributed by atoms with Gasteiger partial charge in [-0.25, -0.2) is 0 Å². The summed E-state index contributed by atoms with van der Waals surface area (Å²) in [6, 6.07) is 7.89. The Labute approximate surface area is 102 Å². The highest BCUT2D eigenvalue weighted by Crippen LogP contribution is 2.31. The number of nitriles is 1. The van der Waals surface area contributed by atoms with E-state index in [0.29, 0.717) is 10.8 Å². The molecule has 0 fully saturated rings. The second-order valence-corrected chi connectivity index (χ2v) is 5.50. The smallest absolute Gasteiger partial charge is 0.101 e. The van der Waals surface area contributed by atoms with Gasteiger partial charge in [-0.2, -0.15) is 5.26 Å². The minimum absolute atomic E-state index is 0.185. The van der Waals surface area contributed by atoms with Crippen LogP contribution in [0.3, 0.4) is 0 Å². The molecule has 0 aromatic heterocycles. The molecule has 0 saturated heterocycles. The van der Waals surface area contributed by atoms with Crippen LogP contribution in [0.2, 0.25) is 0 Å². The minimum Gasteiger partial charge on any atom is -0.396 e. The number of hydrogen-bond donors (Lipinski definition) is 1. The second-order valence-electron chi connectivity index (χ2n) is 3.17. The van der Waals surface area contributed by atoms with Gasteiger partial charge in [-0.3, -0.25) is 0 Å². The van der Waals surface area contributed by atoms with Crippen LogP contribution in [0, 0.1) is 11.3 Å². The quantitative estimate of drug-likeness (QED) is 0.864. The maximum absolute atomic E-state index is 9.00. The lowest BCUT2D eigenvalue weighted by molar-refractivity contribution is 0.289. The van der Waals surface area contributed by atoms with Gasteiger partial charge >= 0.3 is 0 Å². The lowest BCUT2D eigenvalue weighted by Gasteiger charge is -2.11.